The van der Waals surface area contributed by atoms with E-state index in [4.69, 9.17) is 5.73 Å². The lowest BCUT2D eigenvalue weighted by Crippen LogP contribution is -2.45. The second-order valence-corrected chi connectivity index (χ2v) is 3.59. The lowest BCUT2D eigenvalue weighted by atomic mass is 9.92. The van der Waals surface area contributed by atoms with Gasteiger partial charge in [-0.3, -0.25) is 0 Å². The molecule has 52 valence electrons. The number of aliphatic hydroxyl groups excluding tert-OH is 1. The number of nitrogens with two attached hydrogens (primary N) is 1. The van der Waals surface area contributed by atoms with Crippen LogP contribution in [0.15, 0.2) is 0 Å². The van der Waals surface area contributed by atoms with Gasteiger partial charge in [0.1, 0.15) is 0 Å². The van der Waals surface area contributed by atoms with Crippen LogP contribution in [-0.4, -0.2) is 16.7 Å². The number of fused-ring (bicyclic) bond motifs is 2. The molecule has 0 spiro atoms. The second-order valence-electron chi connectivity index (χ2n) is 3.59. The third-order valence-electron chi connectivity index (χ3n) is 2.91. The Labute approximate surface area is 55.1 Å². The zero-order valence-electron chi connectivity index (χ0n) is 5.51. The molecule has 3 unspecified atom stereocenters. The van der Waals surface area contributed by atoms with E-state index in [1.807, 2.05) is 0 Å². The van der Waals surface area contributed by atoms with Crippen LogP contribution in [-0.2, 0) is 0 Å². The number of hydrogen-bond acceptors (Lipinski definition) is 2. The standard InChI is InChI=1S/C7H13NO/c8-7-2-1-5(4-7)3-6(7)9/h5-6,9H,1-4,8H2. The van der Waals surface area contributed by atoms with Gasteiger partial charge in [0.2, 0.25) is 0 Å². The third kappa shape index (κ3) is 0.634. The molecule has 2 heteroatoms. The summed E-state index contributed by atoms with van der Waals surface area (Å²) in [4.78, 5) is 0. The third-order valence-corrected chi connectivity index (χ3v) is 2.91. The van der Waals surface area contributed by atoms with Gasteiger partial charge in [-0.2, -0.15) is 0 Å². The highest BCUT2D eigenvalue weighted by atomic mass is 16.3. The first kappa shape index (κ1) is 5.69. The van der Waals surface area contributed by atoms with E-state index in [1.165, 1.54) is 6.42 Å². The second kappa shape index (κ2) is 1.50. The molecule has 2 saturated carbocycles. The molecule has 9 heavy (non-hydrogen) atoms. The smallest absolute Gasteiger partial charge is 0.0722 e. The summed E-state index contributed by atoms with van der Waals surface area (Å²) in [5.74, 6) is 0.741. The average Bonchev–Trinajstić information content (AvgIpc) is 2.22. The first-order chi connectivity index (χ1) is 4.21. The predicted octanol–water partition coefficient (Wildman–Crippen LogP) is 0.249. The molecule has 0 aliphatic heterocycles. The Morgan fingerprint density at radius 3 is 2.56 bits per heavy atom. The number of hydrogen-bond donors (Lipinski definition) is 2. The molecule has 0 aromatic rings. The van der Waals surface area contributed by atoms with Crippen molar-refractivity contribution in [3.05, 3.63) is 0 Å². The van der Waals surface area contributed by atoms with Gasteiger partial charge in [0.05, 0.1) is 6.10 Å². The van der Waals surface area contributed by atoms with Gasteiger partial charge < -0.3 is 10.8 Å². The fourth-order valence-corrected chi connectivity index (χ4v) is 2.27. The van der Waals surface area contributed by atoms with Crippen LogP contribution >= 0.6 is 0 Å². The topological polar surface area (TPSA) is 46.2 Å². The molecule has 0 amide bonds. The fourth-order valence-electron chi connectivity index (χ4n) is 2.27. The molecule has 3 atom stereocenters. The minimum Gasteiger partial charge on any atom is -0.391 e. The summed E-state index contributed by atoms with van der Waals surface area (Å²) in [5, 5.41) is 9.35. The monoisotopic (exact) mass is 127 g/mol. The van der Waals surface area contributed by atoms with Crippen molar-refractivity contribution in [2.75, 3.05) is 0 Å². The quantitative estimate of drug-likeness (QED) is 0.490. The van der Waals surface area contributed by atoms with E-state index in [-0.39, 0.29) is 11.6 Å². The van der Waals surface area contributed by atoms with Crippen LogP contribution in [0.3, 0.4) is 0 Å². The van der Waals surface area contributed by atoms with Crippen LogP contribution in [0, 0.1) is 5.92 Å². The maximum absolute atomic E-state index is 9.35. The van der Waals surface area contributed by atoms with Gasteiger partial charge in [0, 0.05) is 5.54 Å². The highest BCUT2D eigenvalue weighted by Crippen LogP contribution is 2.45. The van der Waals surface area contributed by atoms with Crippen molar-refractivity contribution >= 4 is 0 Å². The highest BCUT2D eigenvalue weighted by molar-refractivity contribution is 5.05. The van der Waals surface area contributed by atoms with Crippen LogP contribution in [0.2, 0.25) is 0 Å². The molecular weight excluding hydrogens is 114 g/mol. The zero-order valence-corrected chi connectivity index (χ0v) is 5.51. The molecular formula is C7H13NO. The van der Waals surface area contributed by atoms with E-state index in [2.05, 4.69) is 0 Å². The Balaban J connectivity index is 2.22. The van der Waals surface area contributed by atoms with E-state index >= 15 is 0 Å². The molecule has 2 aliphatic rings. The van der Waals surface area contributed by atoms with Crippen LogP contribution in [0.4, 0.5) is 0 Å². The van der Waals surface area contributed by atoms with Crippen molar-refractivity contribution in [2.24, 2.45) is 11.7 Å². The minimum absolute atomic E-state index is 0.176. The molecule has 2 nitrogen and oxygen atoms in total. The summed E-state index contributed by atoms with van der Waals surface area (Å²) in [7, 11) is 0. The molecule has 2 bridgehead atoms. The van der Waals surface area contributed by atoms with Crippen LogP contribution < -0.4 is 5.73 Å². The largest absolute Gasteiger partial charge is 0.391 e. The molecule has 3 N–H and O–H groups in total. The van der Waals surface area contributed by atoms with Gasteiger partial charge >= 0.3 is 0 Å². The summed E-state index contributed by atoms with van der Waals surface area (Å²) >= 11 is 0. The lowest BCUT2D eigenvalue weighted by molar-refractivity contribution is 0.0931. The SMILES string of the molecule is NC12CCC(CC1O)C2. The van der Waals surface area contributed by atoms with Crippen molar-refractivity contribution in [1.82, 2.24) is 0 Å². The van der Waals surface area contributed by atoms with Crippen molar-refractivity contribution < 1.29 is 5.11 Å². The van der Waals surface area contributed by atoms with Crippen LogP contribution in [0.5, 0.6) is 0 Å². The molecule has 0 heterocycles. The lowest BCUT2D eigenvalue weighted by Gasteiger charge is -2.26. The molecule has 2 aliphatic carbocycles. The first-order valence-electron chi connectivity index (χ1n) is 3.68. The van der Waals surface area contributed by atoms with E-state index in [9.17, 15) is 5.11 Å². The molecule has 0 aromatic carbocycles. The molecule has 0 aromatic heterocycles. The van der Waals surface area contributed by atoms with E-state index in [0.717, 1.165) is 25.2 Å². The van der Waals surface area contributed by atoms with E-state index < -0.39 is 0 Å². The number of aliphatic hydroxyl groups is 1. The van der Waals surface area contributed by atoms with E-state index in [1.54, 1.807) is 0 Å². The average molecular weight is 127 g/mol. The van der Waals surface area contributed by atoms with Gasteiger partial charge in [-0.25, -0.2) is 0 Å². The highest BCUT2D eigenvalue weighted by Gasteiger charge is 2.48. The molecule has 0 radical (unpaired) electrons. The summed E-state index contributed by atoms with van der Waals surface area (Å²) in [6.45, 7) is 0. The van der Waals surface area contributed by atoms with Gasteiger partial charge in [-0.05, 0) is 31.6 Å². The van der Waals surface area contributed by atoms with Crippen molar-refractivity contribution in [3.8, 4) is 0 Å². The Kier molecular flexibility index (Phi) is 0.945. The normalized spacial score (nSPS) is 56.7. The van der Waals surface area contributed by atoms with Gasteiger partial charge in [-0.1, -0.05) is 0 Å². The minimum atomic E-state index is -0.198. The maximum atomic E-state index is 9.35. The van der Waals surface area contributed by atoms with Crippen molar-refractivity contribution in [1.29, 1.82) is 0 Å². The zero-order chi connectivity index (χ0) is 6.48. The van der Waals surface area contributed by atoms with Gasteiger partial charge in [0.15, 0.2) is 0 Å². The predicted molar refractivity (Wildman–Crippen MR) is 34.9 cm³/mol. The Hall–Kier alpha value is -0.0800. The summed E-state index contributed by atoms with van der Waals surface area (Å²) in [5.41, 5.74) is 5.72. The number of rotatable bonds is 0. The maximum Gasteiger partial charge on any atom is 0.0722 e. The summed E-state index contributed by atoms with van der Waals surface area (Å²) in [6, 6.07) is 0. The van der Waals surface area contributed by atoms with Gasteiger partial charge in [0.25, 0.3) is 0 Å². The van der Waals surface area contributed by atoms with Crippen LogP contribution in [0.1, 0.15) is 25.7 Å². The van der Waals surface area contributed by atoms with Crippen molar-refractivity contribution in [2.45, 2.75) is 37.3 Å². The first-order valence-corrected chi connectivity index (χ1v) is 3.68. The Morgan fingerprint density at radius 2 is 2.33 bits per heavy atom. The Morgan fingerprint density at radius 1 is 1.56 bits per heavy atom. The fraction of sp³-hybridized carbons (Fsp3) is 1.00. The summed E-state index contributed by atoms with van der Waals surface area (Å²) < 4.78 is 0. The Bertz CT molecular complexity index is 137. The van der Waals surface area contributed by atoms with Gasteiger partial charge in [-0.15, -0.1) is 0 Å². The molecule has 0 saturated heterocycles. The molecule has 2 fully saturated rings. The van der Waals surface area contributed by atoms with E-state index in [0.29, 0.717) is 0 Å². The van der Waals surface area contributed by atoms with Crippen molar-refractivity contribution in [3.63, 3.8) is 0 Å². The molecule has 2 rings (SSSR count). The summed E-state index contributed by atoms with van der Waals surface area (Å²) in [6.07, 6.45) is 4.10. The van der Waals surface area contributed by atoms with Crippen LogP contribution in [0.25, 0.3) is 0 Å².